The lowest BCUT2D eigenvalue weighted by Crippen LogP contribution is -2.17. The van der Waals surface area contributed by atoms with E-state index in [9.17, 15) is 0 Å². The number of rotatable bonds is 3. The zero-order valence-corrected chi connectivity index (χ0v) is 13.0. The molecule has 1 aromatic carbocycles. The normalized spacial score (nSPS) is 12.5. The average molecular weight is 269 g/mol. The van der Waals surface area contributed by atoms with Gasteiger partial charge in [0.05, 0.1) is 11.4 Å². The van der Waals surface area contributed by atoms with Gasteiger partial charge in [-0.3, -0.25) is 0 Å². The van der Waals surface area contributed by atoms with Crippen LogP contribution in [-0.2, 0) is 6.42 Å². The summed E-state index contributed by atoms with van der Waals surface area (Å²) in [6.45, 7) is 10.4. The Morgan fingerprint density at radius 1 is 0.950 bits per heavy atom. The molecular weight excluding hydrogens is 246 g/mol. The third kappa shape index (κ3) is 3.05. The molecule has 3 heteroatoms. The summed E-state index contributed by atoms with van der Waals surface area (Å²) < 4.78 is 0. The van der Waals surface area contributed by atoms with Crippen LogP contribution in [0.1, 0.15) is 45.2 Å². The highest BCUT2D eigenvalue weighted by Gasteiger charge is 2.14. The number of aryl methyl sites for hydroxylation is 5. The molecule has 0 aliphatic heterocycles. The van der Waals surface area contributed by atoms with Gasteiger partial charge >= 0.3 is 0 Å². The van der Waals surface area contributed by atoms with Crippen LogP contribution in [0.15, 0.2) is 18.2 Å². The van der Waals surface area contributed by atoms with Crippen molar-refractivity contribution < 1.29 is 0 Å². The predicted octanol–water partition coefficient (Wildman–Crippen LogP) is 3.26. The van der Waals surface area contributed by atoms with E-state index < -0.39 is 0 Å². The molecule has 1 heterocycles. The monoisotopic (exact) mass is 269 g/mol. The van der Waals surface area contributed by atoms with Crippen LogP contribution in [0.25, 0.3) is 0 Å². The van der Waals surface area contributed by atoms with Crippen LogP contribution in [0.2, 0.25) is 0 Å². The van der Waals surface area contributed by atoms with Gasteiger partial charge < -0.3 is 5.73 Å². The third-order valence-corrected chi connectivity index (χ3v) is 3.80. The number of hydrogen-bond donors (Lipinski definition) is 1. The van der Waals surface area contributed by atoms with Gasteiger partial charge in [0.25, 0.3) is 0 Å². The number of benzene rings is 1. The van der Waals surface area contributed by atoms with Crippen LogP contribution >= 0.6 is 0 Å². The molecule has 0 radical (unpaired) electrons. The lowest BCUT2D eigenvalue weighted by molar-refractivity contribution is 0.695. The summed E-state index contributed by atoms with van der Waals surface area (Å²) in [5.41, 5.74) is 14.6. The van der Waals surface area contributed by atoms with E-state index in [-0.39, 0.29) is 6.04 Å². The van der Waals surface area contributed by atoms with Crippen molar-refractivity contribution in [3.8, 4) is 0 Å². The second-order valence-corrected chi connectivity index (χ2v) is 5.71. The molecule has 0 fully saturated rings. The van der Waals surface area contributed by atoms with Gasteiger partial charge in [0.15, 0.2) is 0 Å². The van der Waals surface area contributed by atoms with Crippen molar-refractivity contribution >= 4 is 0 Å². The Bertz CT molecular complexity index is 609. The Hall–Kier alpha value is -1.74. The first-order valence-corrected chi connectivity index (χ1v) is 7.01. The minimum absolute atomic E-state index is 0.0377. The van der Waals surface area contributed by atoms with Gasteiger partial charge in [-0.15, -0.1) is 0 Å². The second-order valence-electron chi connectivity index (χ2n) is 5.71. The first-order valence-electron chi connectivity index (χ1n) is 7.01. The van der Waals surface area contributed by atoms with Crippen LogP contribution < -0.4 is 5.73 Å². The van der Waals surface area contributed by atoms with E-state index >= 15 is 0 Å². The summed E-state index contributed by atoms with van der Waals surface area (Å²) in [6, 6.07) is 6.45. The number of hydrogen-bond acceptors (Lipinski definition) is 3. The summed E-state index contributed by atoms with van der Waals surface area (Å²) >= 11 is 0. The summed E-state index contributed by atoms with van der Waals surface area (Å²) in [4.78, 5) is 0. The molecule has 2 rings (SSSR count). The molecule has 1 unspecified atom stereocenters. The lowest BCUT2D eigenvalue weighted by Gasteiger charge is -2.18. The smallest absolute Gasteiger partial charge is 0.0648 e. The van der Waals surface area contributed by atoms with Gasteiger partial charge in [0.2, 0.25) is 0 Å². The SMILES string of the molecule is Cc1cc(C)c(CC(N)c2cc(C)nnc2C)c(C)c1. The maximum atomic E-state index is 6.40. The summed E-state index contributed by atoms with van der Waals surface area (Å²) in [5, 5.41) is 8.24. The Morgan fingerprint density at radius 2 is 1.55 bits per heavy atom. The van der Waals surface area contributed by atoms with Crippen LogP contribution in [0.4, 0.5) is 0 Å². The van der Waals surface area contributed by atoms with Crippen LogP contribution in [-0.4, -0.2) is 10.2 Å². The molecule has 20 heavy (non-hydrogen) atoms. The predicted molar refractivity (Wildman–Crippen MR) is 82.8 cm³/mol. The molecule has 1 atom stereocenters. The van der Waals surface area contributed by atoms with Crippen molar-refractivity contribution in [1.29, 1.82) is 0 Å². The zero-order chi connectivity index (χ0) is 14.9. The van der Waals surface area contributed by atoms with Gasteiger partial charge in [0, 0.05) is 6.04 Å². The van der Waals surface area contributed by atoms with Crippen LogP contribution in [0, 0.1) is 34.6 Å². The standard InChI is InChI=1S/C17H23N3/c1-10-6-11(2)15(12(3)7-10)9-17(18)16-8-13(4)19-20-14(16)5/h6-8,17H,9,18H2,1-5H3. The summed E-state index contributed by atoms with van der Waals surface area (Å²) in [5.74, 6) is 0. The molecule has 3 nitrogen and oxygen atoms in total. The van der Waals surface area contributed by atoms with Crippen molar-refractivity contribution in [1.82, 2.24) is 10.2 Å². The molecular formula is C17H23N3. The molecule has 0 aliphatic carbocycles. The van der Waals surface area contributed by atoms with Crippen molar-refractivity contribution in [3.05, 3.63) is 57.4 Å². The molecule has 0 aliphatic rings. The molecule has 0 saturated heterocycles. The van der Waals surface area contributed by atoms with E-state index in [1.54, 1.807) is 0 Å². The molecule has 0 bridgehead atoms. The van der Waals surface area contributed by atoms with Crippen molar-refractivity contribution in [2.45, 2.75) is 47.1 Å². The largest absolute Gasteiger partial charge is 0.324 e. The highest BCUT2D eigenvalue weighted by molar-refractivity contribution is 5.39. The number of nitrogens with two attached hydrogens (primary N) is 1. The first kappa shape index (κ1) is 14.7. The highest BCUT2D eigenvalue weighted by Crippen LogP contribution is 2.24. The highest BCUT2D eigenvalue weighted by atomic mass is 15.1. The van der Waals surface area contributed by atoms with Gasteiger partial charge in [-0.1, -0.05) is 17.7 Å². The van der Waals surface area contributed by atoms with Crippen LogP contribution in [0.3, 0.4) is 0 Å². The topological polar surface area (TPSA) is 51.8 Å². The Kier molecular flexibility index (Phi) is 4.19. The molecule has 106 valence electrons. The molecule has 1 aromatic heterocycles. The third-order valence-electron chi connectivity index (χ3n) is 3.80. The zero-order valence-electron chi connectivity index (χ0n) is 13.0. The minimum Gasteiger partial charge on any atom is -0.324 e. The fourth-order valence-corrected chi connectivity index (χ4v) is 2.81. The van der Waals surface area contributed by atoms with E-state index in [1.807, 2.05) is 19.9 Å². The minimum atomic E-state index is -0.0377. The average Bonchev–Trinajstić information content (AvgIpc) is 2.36. The Morgan fingerprint density at radius 3 is 2.15 bits per heavy atom. The lowest BCUT2D eigenvalue weighted by atomic mass is 9.91. The fraction of sp³-hybridized carbons (Fsp3) is 0.412. The van der Waals surface area contributed by atoms with Gasteiger partial charge in [-0.2, -0.15) is 10.2 Å². The Balaban J connectivity index is 2.32. The van der Waals surface area contributed by atoms with Crippen LogP contribution in [0.5, 0.6) is 0 Å². The van der Waals surface area contributed by atoms with Crippen molar-refractivity contribution in [3.63, 3.8) is 0 Å². The number of nitrogens with zero attached hydrogens (tertiary/aromatic N) is 2. The molecule has 2 N–H and O–H groups in total. The molecule has 2 aromatic rings. The van der Waals surface area contributed by atoms with E-state index in [1.165, 1.54) is 22.3 Å². The fourth-order valence-electron chi connectivity index (χ4n) is 2.81. The quantitative estimate of drug-likeness (QED) is 0.930. The number of aromatic nitrogens is 2. The maximum Gasteiger partial charge on any atom is 0.0648 e. The molecule has 0 amide bonds. The maximum absolute atomic E-state index is 6.40. The molecule has 0 saturated carbocycles. The van der Waals surface area contributed by atoms with Crippen molar-refractivity contribution in [2.24, 2.45) is 5.73 Å². The first-order chi connectivity index (χ1) is 9.38. The van der Waals surface area contributed by atoms with E-state index in [4.69, 9.17) is 5.73 Å². The molecule has 0 spiro atoms. The van der Waals surface area contributed by atoms with Gasteiger partial charge in [-0.05, 0) is 69.4 Å². The van der Waals surface area contributed by atoms with Gasteiger partial charge in [0.1, 0.15) is 0 Å². The summed E-state index contributed by atoms with van der Waals surface area (Å²) in [7, 11) is 0. The summed E-state index contributed by atoms with van der Waals surface area (Å²) in [6.07, 6.45) is 0.837. The van der Waals surface area contributed by atoms with Crippen molar-refractivity contribution in [2.75, 3.05) is 0 Å². The Labute approximate surface area is 121 Å². The second kappa shape index (κ2) is 5.71. The van der Waals surface area contributed by atoms with E-state index in [2.05, 4.69) is 43.1 Å². The van der Waals surface area contributed by atoms with Gasteiger partial charge in [-0.25, -0.2) is 0 Å². The van der Waals surface area contributed by atoms with E-state index in [0.717, 1.165) is 23.4 Å². The van der Waals surface area contributed by atoms with E-state index in [0.29, 0.717) is 0 Å².